The fourth-order valence-electron chi connectivity index (χ4n) is 1.78. The second-order valence-electron chi connectivity index (χ2n) is 5.22. The van der Waals surface area contributed by atoms with Crippen LogP contribution in [0.3, 0.4) is 0 Å². The molecule has 2 aromatic rings. The first-order chi connectivity index (χ1) is 8.62. The van der Waals surface area contributed by atoms with Crippen LogP contribution < -0.4 is 5.73 Å². The van der Waals surface area contributed by atoms with E-state index in [1.165, 1.54) is 29.0 Å². The quantitative estimate of drug-likeness (QED) is 0.928. The van der Waals surface area contributed by atoms with Gasteiger partial charge in [-0.1, -0.05) is 0 Å². The molecule has 0 saturated carbocycles. The number of nitrogen functional groups attached to an aromatic ring is 1. The molecule has 1 aromatic heterocycles. The number of benzene rings is 1. The van der Waals surface area contributed by atoms with Crippen molar-refractivity contribution in [3.05, 3.63) is 24.0 Å². The number of nitrogens with two attached hydrogens (primary N) is 1. The van der Waals surface area contributed by atoms with Crippen molar-refractivity contribution >= 4 is 26.8 Å². The van der Waals surface area contributed by atoms with Crippen LogP contribution in [-0.4, -0.2) is 29.0 Å². The number of sulfone groups is 1. The van der Waals surface area contributed by atoms with Gasteiger partial charge in [0, 0.05) is 12.8 Å². The Morgan fingerprint density at radius 2 is 2.05 bits per heavy atom. The first kappa shape index (κ1) is 13.8. The van der Waals surface area contributed by atoms with Crippen LogP contribution in [0.15, 0.2) is 18.2 Å². The van der Waals surface area contributed by atoms with E-state index in [1.807, 2.05) is 0 Å². The second-order valence-corrected chi connectivity index (χ2v) is 7.87. The highest BCUT2D eigenvalue weighted by Gasteiger charge is 2.31. The molecule has 7 heteroatoms. The highest BCUT2D eigenvalue weighted by Crippen LogP contribution is 2.25. The number of rotatable bonds is 3. The van der Waals surface area contributed by atoms with Gasteiger partial charge in [0.25, 0.3) is 0 Å². The van der Waals surface area contributed by atoms with Gasteiger partial charge in [-0.2, -0.15) is 0 Å². The Hall–Kier alpha value is -1.63. The Bertz CT molecular complexity index is 735. The van der Waals surface area contributed by atoms with Gasteiger partial charge >= 0.3 is 0 Å². The third-order valence-corrected chi connectivity index (χ3v) is 5.42. The molecule has 0 radical (unpaired) electrons. The highest BCUT2D eigenvalue weighted by molar-refractivity contribution is 7.92. The molecule has 5 nitrogen and oxygen atoms in total. The van der Waals surface area contributed by atoms with E-state index in [-0.39, 0.29) is 12.5 Å². The predicted molar refractivity (Wildman–Crippen MR) is 73.0 cm³/mol. The van der Waals surface area contributed by atoms with E-state index in [0.717, 1.165) is 0 Å². The molecule has 0 atom stereocenters. The summed E-state index contributed by atoms with van der Waals surface area (Å²) in [7, 11) is -3.27. The van der Waals surface area contributed by atoms with Gasteiger partial charge in [0.2, 0.25) is 5.95 Å². The maximum atomic E-state index is 13.3. The lowest BCUT2D eigenvalue weighted by Gasteiger charge is -2.23. The van der Waals surface area contributed by atoms with E-state index in [2.05, 4.69) is 4.98 Å². The van der Waals surface area contributed by atoms with E-state index in [4.69, 9.17) is 5.73 Å². The van der Waals surface area contributed by atoms with Gasteiger partial charge in [-0.15, -0.1) is 0 Å². The Kier molecular flexibility index (Phi) is 3.04. The molecule has 0 fully saturated rings. The number of anilines is 1. The van der Waals surface area contributed by atoms with Crippen LogP contribution in [0.2, 0.25) is 0 Å². The standard InChI is InChI=1S/C12H16FN3O2S/c1-12(2,19(3,17)18)7-16-10-6-8(13)4-5-9(10)15-11(16)14/h4-6H,7H2,1-3H3,(H2,14,15). The third kappa shape index (κ3) is 2.42. The van der Waals surface area contributed by atoms with Gasteiger partial charge < -0.3 is 10.3 Å². The first-order valence-electron chi connectivity index (χ1n) is 5.73. The van der Waals surface area contributed by atoms with Crippen molar-refractivity contribution < 1.29 is 12.8 Å². The van der Waals surface area contributed by atoms with E-state index in [0.29, 0.717) is 11.0 Å². The minimum absolute atomic E-state index is 0.123. The molecule has 0 amide bonds. The van der Waals surface area contributed by atoms with E-state index in [1.54, 1.807) is 13.8 Å². The van der Waals surface area contributed by atoms with Crippen LogP contribution in [0.25, 0.3) is 11.0 Å². The maximum absolute atomic E-state index is 13.3. The number of hydrogen-bond acceptors (Lipinski definition) is 4. The summed E-state index contributed by atoms with van der Waals surface area (Å²) in [5.41, 5.74) is 6.83. The van der Waals surface area contributed by atoms with Gasteiger partial charge in [0.05, 0.1) is 15.8 Å². The predicted octanol–water partition coefficient (Wildman–Crippen LogP) is 1.58. The van der Waals surface area contributed by atoms with Gasteiger partial charge in [0.1, 0.15) is 5.82 Å². The topological polar surface area (TPSA) is 78.0 Å². The zero-order valence-corrected chi connectivity index (χ0v) is 11.8. The van der Waals surface area contributed by atoms with Crippen LogP contribution in [0, 0.1) is 5.82 Å². The number of imidazole rings is 1. The number of fused-ring (bicyclic) bond motifs is 1. The van der Waals surface area contributed by atoms with Crippen molar-refractivity contribution in [1.29, 1.82) is 0 Å². The molecular weight excluding hydrogens is 269 g/mol. The zero-order valence-electron chi connectivity index (χ0n) is 11.0. The zero-order chi connectivity index (χ0) is 14.4. The van der Waals surface area contributed by atoms with Crippen molar-refractivity contribution in [2.45, 2.75) is 25.1 Å². The molecule has 0 aliphatic heterocycles. The fraction of sp³-hybridized carbons (Fsp3) is 0.417. The van der Waals surface area contributed by atoms with Gasteiger partial charge in [-0.25, -0.2) is 17.8 Å². The Balaban J connectivity index is 2.57. The molecule has 0 aliphatic rings. The summed E-state index contributed by atoms with van der Waals surface area (Å²) in [5.74, 6) is -0.233. The Labute approximate surface area is 111 Å². The summed E-state index contributed by atoms with van der Waals surface area (Å²) >= 11 is 0. The Morgan fingerprint density at radius 3 is 2.63 bits per heavy atom. The summed E-state index contributed by atoms with van der Waals surface area (Å²) in [6.07, 6.45) is 1.17. The lowest BCUT2D eigenvalue weighted by atomic mass is 10.2. The highest BCUT2D eigenvalue weighted by atomic mass is 32.2. The largest absolute Gasteiger partial charge is 0.369 e. The van der Waals surface area contributed by atoms with Crippen molar-refractivity contribution in [2.24, 2.45) is 0 Å². The molecular formula is C12H16FN3O2S. The third-order valence-electron chi connectivity index (χ3n) is 3.28. The number of halogens is 1. The number of aromatic nitrogens is 2. The maximum Gasteiger partial charge on any atom is 0.201 e. The summed E-state index contributed by atoms with van der Waals surface area (Å²) in [4.78, 5) is 4.10. The summed E-state index contributed by atoms with van der Waals surface area (Å²) < 4.78 is 37.3. The molecule has 19 heavy (non-hydrogen) atoms. The molecule has 104 valence electrons. The van der Waals surface area contributed by atoms with Crippen molar-refractivity contribution in [1.82, 2.24) is 9.55 Å². The average Bonchev–Trinajstić information content (AvgIpc) is 2.54. The van der Waals surface area contributed by atoms with Gasteiger partial charge in [0.15, 0.2) is 9.84 Å². The fourth-order valence-corrected chi connectivity index (χ4v) is 2.14. The van der Waals surface area contributed by atoms with Crippen LogP contribution in [-0.2, 0) is 16.4 Å². The molecule has 0 bridgehead atoms. The molecule has 1 aromatic carbocycles. The van der Waals surface area contributed by atoms with Crippen LogP contribution >= 0.6 is 0 Å². The van der Waals surface area contributed by atoms with E-state index < -0.39 is 20.4 Å². The van der Waals surface area contributed by atoms with Crippen LogP contribution in [0.5, 0.6) is 0 Å². The summed E-state index contributed by atoms with van der Waals surface area (Å²) in [6, 6.07) is 4.11. The number of nitrogens with zero attached hydrogens (tertiary/aromatic N) is 2. The van der Waals surface area contributed by atoms with Crippen LogP contribution in [0.4, 0.5) is 10.3 Å². The summed E-state index contributed by atoms with van der Waals surface area (Å²) in [5, 5.41) is 0. The molecule has 0 saturated heterocycles. The normalized spacial score (nSPS) is 13.1. The average molecular weight is 285 g/mol. The lowest BCUT2D eigenvalue weighted by molar-refractivity contribution is 0.510. The van der Waals surface area contributed by atoms with Crippen molar-refractivity contribution in [3.8, 4) is 0 Å². The smallest absolute Gasteiger partial charge is 0.201 e. The van der Waals surface area contributed by atoms with Crippen molar-refractivity contribution in [3.63, 3.8) is 0 Å². The molecule has 2 N–H and O–H groups in total. The van der Waals surface area contributed by atoms with Crippen LogP contribution in [0.1, 0.15) is 13.8 Å². The van der Waals surface area contributed by atoms with Crippen molar-refractivity contribution in [2.75, 3.05) is 12.0 Å². The lowest BCUT2D eigenvalue weighted by Crippen LogP contribution is -2.36. The molecule has 0 unspecified atom stereocenters. The molecule has 2 rings (SSSR count). The second kappa shape index (κ2) is 4.19. The van der Waals surface area contributed by atoms with Gasteiger partial charge in [-0.3, -0.25) is 0 Å². The summed E-state index contributed by atoms with van der Waals surface area (Å²) in [6.45, 7) is 3.33. The SMILES string of the molecule is CC(C)(Cn1c(N)nc2ccc(F)cc21)S(C)(=O)=O. The monoisotopic (exact) mass is 285 g/mol. The molecule has 0 spiro atoms. The van der Waals surface area contributed by atoms with Gasteiger partial charge in [-0.05, 0) is 32.0 Å². The van der Waals surface area contributed by atoms with E-state index in [9.17, 15) is 12.8 Å². The first-order valence-corrected chi connectivity index (χ1v) is 7.62. The Morgan fingerprint density at radius 1 is 1.42 bits per heavy atom. The number of hydrogen-bond donors (Lipinski definition) is 1. The minimum atomic E-state index is -3.27. The minimum Gasteiger partial charge on any atom is -0.369 e. The molecule has 0 aliphatic carbocycles. The molecule has 1 heterocycles. The van der Waals surface area contributed by atoms with E-state index >= 15 is 0 Å².